The zero-order valence-corrected chi connectivity index (χ0v) is 35.2. The van der Waals surface area contributed by atoms with E-state index >= 15 is 0 Å². The van der Waals surface area contributed by atoms with Gasteiger partial charge in [-0.1, -0.05) is 78.6 Å². The summed E-state index contributed by atoms with van der Waals surface area (Å²) < 4.78 is 11.1. The zero-order chi connectivity index (χ0) is 41.5. The Balaban J connectivity index is 0.000000666. The van der Waals surface area contributed by atoms with Crippen LogP contribution in [-0.4, -0.2) is 102 Å². The van der Waals surface area contributed by atoms with E-state index < -0.39 is 12.2 Å². The fraction of sp³-hybridized carbons (Fsp3) is 0.463. The summed E-state index contributed by atoms with van der Waals surface area (Å²) in [6.45, 7) is 15.3. The van der Waals surface area contributed by atoms with Crippen LogP contribution in [0.1, 0.15) is 78.9 Å². The van der Waals surface area contributed by atoms with Gasteiger partial charge < -0.3 is 39.8 Å². The van der Waals surface area contributed by atoms with E-state index in [-0.39, 0.29) is 19.0 Å². The highest BCUT2D eigenvalue weighted by Crippen LogP contribution is 2.38. The van der Waals surface area contributed by atoms with Crippen LogP contribution in [0.2, 0.25) is 0 Å². The minimum absolute atomic E-state index is 0.00662. The number of rotatable bonds is 14. The first-order valence-electron chi connectivity index (χ1n) is 19.1. The number of benzene rings is 2. The molecule has 0 saturated carbocycles. The third kappa shape index (κ3) is 15.1. The minimum Gasteiger partial charge on any atom is -0.453 e. The summed E-state index contributed by atoms with van der Waals surface area (Å²) in [5, 5.41) is 7.05. The predicted octanol–water partition coefficient (Wildman–Crippen LogP) is 8.15. The monoisotopic (exact) mass is 792 g/mol. The molecule has 4 N–H and O–H groups in total. The van der Waals surface area contributed by atoms with Gasteiger partial charge in [0.1, 0.15) is 24.5 Å². The number of thiophene rings is 1. The molecule has 0 spiro atoms. The number of aromatic nitrogens is 4. The first kappa shape index (κ1) is 46.9. The molecule has 0 bridgehead atoms. The molecule has 0 fully saturated rings. The van der Waals surface area contributed by atoms with E-state index in [9.17, 15) is 19.2 Å². The number of imidazole rings is 2. The van der Waals surface area contributed by atoms with Gasteiger partial charge in [0.25, 0.3) is 0 Å². The van der Waals surface area contributed by atoms with Gasteiger partial charge in [-0.3, -0.25) is 9.69 Å². The van der Waals surface area contributed by atoms with Gasteiger partial charge in [0.05, 0.1) is 57.6 Å². The van der Waals surface area contributed by atoms with Crippen molar-refractivity contribution in [2.75, 3.05) is 47.4 Å². The lowest BCUT2D eigenvalue weighted by Crippen LogP contribution is -2.40. The Morgan fingerprint density at radius 3 is 1.70 bits per heavy atom. The highest BCUT2D eigenvalue weighted by Gasteiger charge is 2.17. The van der Waals surface area contributed by atoms with Crippen LogP contribution in [0.4, 0.5) is 9.59 Å². The van der Waals surface area contributed by atoms with Crippen LogP contribution in [0.25, 0.3) is 42.7 Å². The third-order valence-electron chi connectivity index (χ3n) is 7.65. The summed E-state index contributed by atoms with van der Waals surface area (Å²) in [7, 11) is 4.62. The van der Waals surface area contributed by atoms with Crippen molar-refractivity contribution >= 4 is 55.9 Å². The molecule has 0 saturated heterocycles. The molecule has 5 rings (SSSR count). The predicted molar refractivity (Wildman–Crippen MR) is 226 cm³/mol. The van der Waals surface area contributed by atoms with Crippen LogP contribution in [0.5, 0.6) is 0 Å². The molecule has 5 aromatic rings. The van der Waals surface area contributed by atoms with E-state index in [0.29, 0.717) is 25.2 Å². The Labute approximate surface area is 334 Å². The number of carbonyl (C=O) groups excluding carboxylic acids is 4. The highest BCUT2D eigenvalue weighted by atomic mass is 32.1. The number of H-pyrrole nitrogens is 2. The second-order valence-corrected chi connectivity index (χ2v) is 13.9. The second kappa shape index (κ2) is 25.7. The molecule has 0 aliphatic carbocycles. The standard InChI is InChI=1S/C31H37N7O3S.C4H7NO3.2C3H8/c1-5-11-37(3)18-28-32-15-24(35-28)20-7-9-22-23-10-8-21(14-27(23)42-26(22)13-20)25-16-33-29(36-25)19-38(12-6-2)30(39)17-34-31(40)41-4;1-8-4(7)5-2-3-6;2*1-3-2/h7-10,13-16H,5-6,11-12,17-19H2,1-4H3,(H,32,35)(H,33,36)(H,34,40);3H,2H2,1H3,(H,5,7);2*3H2,1-2H3. The van der Waals surface area contributed by atoms with Crippen LogP contribution in [-0.2, 0) is 32.2 Å². The molecule has 15 heteroatoms. The molecule has 306 valence electrons. The fourth-order valence-corrected chi connectivity index (χ4v) is 6.46. The van der Waals surface area contributed by atoms with Gasteiger partial charge in [0, 0.05) is 37.8 Å². The number of hydrogen-bond acceptors (Lipinski definition) is 10. The van der Waals surface area contributed by atoms with Gasteiger partial charge in [0.15, 0.2) is 0 Å². The van der Waals surface area contributed by atoms with Gasteiger partial charge in [-0.2, -0.15) is 0 Å². The minimum atomic E-state index is -0.630. The molecule has 0 aliphatic rings. The van der Waals surface area contributed by atoms with Crippen molar-refractivity contribution in [1.29, 1.82) is 0 Å². The number of nitrogens with one attached hydrogen (secondary N) is 4. The molecule has 0 aliphatic heterocycles. The smallest absolute Gasteiger partial charge is 0.407 e. The third-order valence-corrected chi connectivity index (χ3v) is 8.76. The second-order valence-electron chi connectivity index (χ2n) is 12.9. The molecule has 56 heavy (non-hydrogen) atoms. The van der Waals surface area contributed by atoms with E-state index in [2.05, 4.69) is 123 Å². The van der Waals surface area contributed by atoms with Crippen LogP contribution >= 0.6 is 11.3 Å². The summed E-state index contributed by atoms with van der Waals surface area (Å²) in [4.78, 5) is 63.6. The lowest BCUT2D eigenvalue weighted by molar-refractivity contribution is -0.130. The fourth-order valence-electron chi connectivity index (χ4n) is 5.28. The molecular formula is C41H60N8O6S. The van der Waals surface area contributed by atoms with Crippen LogP contribution in [0.3, 0.4) is 0 Å². The van der Waals surface area contributed by atoms with E-state index in [0.717, 1.165) is 54.3 Å². The zero-order valence-electron chi connectivity index (χ0n) is 34.4. The molecule has 14 nitrogen and oxygen atoms in total. The Kier molecular flexibility index (Phi) is 21.5. The van der Waals surface area contributed by atoms with Crippen LogP contribution in [0, 0.1) is 0 Å². The largest absolute Gasteiger partial charge is 0.453 e. The van der Waals surface area contributed by atoms with Gasteiger partial charge in [0.2, 0.25) is 5.91 Å². The first-order chi connectivity index (χ1) is 27.0. The Morgan fingerprint density at radius 1 is 0.750 bits per heavy atom. The SMILES string of the molecule is CCC.CCC.CCCN(C)Cc1ncc(-c2ccc3c(c2)sc2cc(-c4cnc(CN(CCC)C(=O)CNC(=O)OC)[nH]4)ccc23)[nH]1.COC(=O)NCC=O. The van der Waals surface area contributed by atoms with Gasteiger partial charge in [-0.05, 0) is 38.6 Å². The maximum atomic E-state index is 12.7. The Bertz CT molecular complexity index is 1940. The molecule has 0 radical (unpaired) electrons. The summed E-state index contributed by atoms with van der Waals surface area (Å²) in [5.74, 6) is 1.47. The number of hydrogen-bond donors (Lipinski definition) is 4. The number of amides is 3. The maximum absolute atomic E-state index is 12.7. The lowest BCUT2D eigenvalue weighted by Gasteiger charge is -2.21. The highest BCUT2D eigenvalue weighted by molar-refractivity contribution is 7.25. The van der Waals surface area contributed by atoms with E-state index in [1.165, 1.54) is 47.2 Å². The molecular weight excluding hydrogens is 733 g/mol. The van der Waals surface area contributed by atoms with Crippen LogP contribution < -0.4 is 10.6 Å². The molecule has 3 amide bonds. The lowest BCUT2D eigenvalue weighted by atomic mass is 10.1. The first-order valence-corrected chi connectivity index (χ1v) is 19.9. The van der Waals surface area contributed by atoms with E-state index in [1.807, 2.05) is 13.1 Å². The Hall–Kier alpha value is -5.28. The van der Waals surface area contributed by atoms with Crippen molar-refractivity contribution in [3.63, 3.8) is 0 Å². The molecule has 3 heterocycles. The van der Waals surface area contributed by atoms with E-state index in [4.69, 9.17) is 0 Å². The van der Waals surface area contributed by atoms with Crippen molar-refractivity contribution in [3.8, 4) is 22.5 Å². The van der Waals surface area contributed by atoms with Crippen molar-refractivity contribution in [2.45, 2.75) is 80.3 Å². The van der Waals surface area contributed by atoms with Crippen molar-refractivity contribution in [1.82, 2.24) is 40.4 Å². The topological polar surface area (TPSA) is 175 Å². The number of aromatic amines is 2. The normalized spacial score (nSPS) is 10.3. The number of carbonyl (C=O) groups is 4. The van der Waals surface area contributed by atoms with Crippen molar-refractivity contribution in [2.24, 2.45) is 0 Å². The summed E-state index contributed by atoms with van der Waals surface area (Å²) in [6, 6.07) is 13.0. The molecule has 0 unspecified atom stereocenters. The Morgan fingerprint density at radius 2 is 1.23 bits per heavy atom. The van der Waals surface area contributed by atoms with Crippen molar-refractivity contribution < 1.29 is 28.7 Å². The average molecular weight is 793 g/mol. The number of ether oxygens (including phenoxy) is 2. The number of methoxy groups -OCH3 is 2. The quantitative estimate of drug-likeness (QED) is 0.0809. The molecule has 0 atom stereocenters. The molecule has 3 aromatic heterocycles. The maximum Gasteiger partial charge on any atom is 0.407 e. The summed E-state index contributed by atoms with van der Waals surface area (Å²) >= 11 is 1.77. The number of alkyl carbamates (subject to hydrolysis) is 2. The average Bonchev–Trinajstić information content (AvgIpc) is 3.95. The molecule has 2 aromatic carbocycles. The number of aldehydes is 1. The van der Waals surface area contributed by atoms with Crippen molar-refractivity contribution in [3.05, 3.63) is 60.4 Å². The summed E-state index contributed by atoms with van der Waals surface area (Å²) in [5.41, 5.74) is 4.07. The number of nitrogens with zero attached hydrogens (tertiary/aromatic N) is 4. The summed E-state index contributed by atoms with van der Waals surface area (Å²) in [6.07, 6.45) is 7.49. The van der Waals surface area contributed by atoms with Crippen LogP contribution in [0.15, 0.2) is 48.8 Å². The number of fused-ring (bicyclic) bond motifs is 3. The van der Waals surface area contributed by atoms with Gasteiger partial charge in [-0.15, -0.1) is 11.3 Å². The van der Waals surface area contributed by atoms with Gasteiger partial charge in [-0.25, -0.2) is 19.6 Å². The van der Waals surface area contributed by atoms with Gasteiger partial charge >= 0.3 is 12.2 Å². The van der Waals surface area contributed by atoms with E-state index in [1.54, 1.807) is 22.4 Å².